The van der Waals surface area contributed by atoms with Gasteiger partial charge in [0.2, 0.25) is 0 Å². The monoisotopic (exact) mass is 352 g/mol. The summed E-state index contributed by atoms with van der Waals surface area (Å²) in [7, 11) is 0. The number of rotatable bonds is 6. The Hall–Kier alpha value is -1.04. The second-order valence-corrected chi connectivity index (χ2v) is 7.68. The minimum Gasteiger partial charge on any atom is -0.396 e. The highest BCUT2D eigenvalue weighted by Crippen LogP contribution is 2.26. The smallest absolute Gasteiger partial charge is 0.126 e. The van der Waals surface area contributed by atoms with E-state index in [0.29, 0.717) is 18.2 Å². The van der Waals surface area contributed by atoms with E-state index >= 15 is 0 Å². The molecule has 0 spiro atoms. The van der Waals surface area contributed by atoms with E-state index in [1.165, 1.54) is 44.2 Å². The molecule has 3 nitrogen and oxygen atoms in total. The number of benzene rings is 1. The number of halogens is 2. The zero-order valence-electron chi connectivity index (χ0n) is 15.0. The Bertz CT molecular complexity index is 528. The molecule has 1 aromatic carbocycles. The maximum atomic E-state index is 13.4. The standard InChI is InChI=1S/C20H30F2N2O/c21-18-10-17(11-19(22)12-18)13-23-7-8-24(20(15-23)6-9-25)14-16-4-2-1-3-5-16/h10-12,16,20,25H,1-9,13-15H2/t20-/m1/s1. The molecule has 1 atom stereocenters. The highest BCUT2D eigenvalue weighted by molar-refractivity contribution is 5.18. The number of hydrogen-bond acceptors (Lipinski definition) is 3. The molecule has 0 aromatic heterocycles. The van der Waals surface area contributed by atoms with Crippen molar-refractivity contribution in [2.75, 3.05) is 32.8 Å². The van der Waals surface area contributed by atoms with E-state index in [1.807, 2.05) is 0 Å². The molecular weight excluding hydrogens is 322 g/mol. The molecule has 1 heterocycles. The lowest BCUT2D eigenvalue weighted by Crippen LogP contribution is -2.54. The molecule has 5 heteroatoms. The number of nitrogens with zero attached hydrogens (tertiary/aromatic N) is 2. The molecule has 0 amide bonds. The fraction of sp³-hybridized carbons (Fsp3) is 0.700. The van der Waals surface area contributed by atoms with Crippen molar-refractivity contribution in [3.8, 4) is 0 Å². The van der Waals surface area contributed by atoms with Crippen LogP contribution < -0.4 is 0 Å². The van der Waals surface area contributed by atoms with E-state index in [9.17, 15) is 13.9 Å². The third-order valence-electron chi connectivity index (χ3n) is 5.70. The summed E-state index contributed by atoms with van der Waals surface area (Å²) in [4.78, 5) is 4.79. The molecule has 0 unspecified atom stereocenters. The maximum Gasteiger partial charge on any atom is 0.126 e. The van der Waals surface area contributed by atoms with Crippen LogP contribution in [0.4, 0.5) is 8.78 Å². The molecule has 2 aliphatic rings. The van der Waals surface area contributed by atoms with Gasteiger partial charge in [0.1, 0.15) is 11.6 Å². The van der Waals surface area contributed by atoms with Gasteiger partial charge in [-0.3, -0.25) is 9.80 Å². The molecule has 1 saturated carbocycles. The Morgan fingerprint density at radius 3 is 2.40 bits per heavy atom. The van der Waals surface area contributed by atoms with E-state index in [1.54, 1.807) is 0 Å². The van der Waals surface area contributed by atoms with Crippen LogP contribution in [0.25, 0.3) is 0 Å². The molecule has 1 aliphatic heterocycles. The predicted molar refractivity (Wildman–Crippen MR) is 95.3 cm³/mol. The van der Waals surface area contributed by atoms with Gasteiger partial charge in [-0.05, 0) is 42.9 Å². The fourth-order valence-electron chi connectivity index (χ4n) is 4.43. The molecule has 1 aliphatic carbocycles. The number of piperazine rings is 1. The van der Waals surface area contributed by atoms with E-state index < -0.39 is 11.6 Å². The Balaban J connectivity index is 1.58. The van der Waals surface area contributed by atoms with Gasteiger partial charge < -0.3 is 5.11 Å². The van der Waals surface area contributed by atoms with Gasteiger partial charge in [-0.15, -0.1) is 0 Å². The molecule has 25 heavy (non-hydrogen) atoms. The molecule has 2 fully saturated rings. The van der Waals surface area contributed by atoms with Crippen molar-refractivity contribution in [1.29, 1.82) is 0 Å². The molecule has 1 aromatic rings. The lowest BCUT2D eigenvalue weighted by molar-refractivity contribution is 0.0400. The van der Waals surface area contributed by atoms with Crippen molar-refractivity contribution >= 4 is 0 Å². The minimum absolute atomic E-state index is 0.189. The van der Waals surface area contributed by atoms with Gasteiger partial charge in [0, 0.05) is 51.4 Å². The number of aliphatic hydroxyl groups is 1. The third kappa shape index (κ3) is 5.47. The second kappa shape index (κ2) is 9.06. The summed E-state index contributed by atoms with van der Waals surface area (Å²) >= 11 is 0. The molecule has 0 bridgehead atoms. The zero-order chi connectivity index (χ0) is 17.6. The van der Waals surface area contributed by atoms with Crippen LogP contribution in [-0.4, -0.2) is 53.7 Å². The molecule has 1 saturated heterocycles. The summed E-state index contributed by atoms with van der Waals surface area (Å²) in [6.45, 7) is 4.62. The first-order chi connectivity index (χ1) is 12.1. The van der Waals surface area contributed by atoms with Crippen LogP contribution in [0.3, 0.4) is 0 Å². The largest absolute Gasteiger partial charge is 0.396 e. The van der Waals surface area contributed by atoms with Crippen molar-refractivity contribution in [3.05, 3.63) is 35.4 Å². The zero-order valence-corrected chi connectivity index (χ0v) is 15.0. The average molecular weight is 352 g/mol. The summed E-state index contributed by atoms with van der Waals surface area (Å²) in [5.74, 6) is -0.241. The highest BCUT2D eigenvalue weighted by atomic mass is 19.1. The Labute approximate surface area is 149 Å². The van der Waals surface area contributed by atoms with Gasteiger partial charge in [-0.25, -0.2) is 8.78 Å². The summed E-state index contributed by atoms with van der Waals surface area (Å²) in [6.07, 6.45) is 7.49. The molecule has 3 rings (SSSR count). The van der Waals surface area contributed by atoms with Crippen molar-refractivity contribution in [2.24, 2.45) is 5.92 Å². The Kier molecular flexibility index (Phi) is 6.79. The van der Waals surface area contributed by atoms with E-state index in [-0.39, 0.29) is 6.61 Å². The van der Waals surface area contributed by atoms with Crippen LogP contribution in [0, 0.1) is 17.6 Å². The van der Waals surface area contributed by atoms with Crippen LogP contribution in [0.1, 0.15) is 44.1 Å². The summed E-state index contributed by atoms with van der Waals surface area (Å²) in [5.41, 5.74) is 0.681. The second-order valence-electron chi connectivity index (χ2n) is 7.68. The lowest BCUT2D eigenvalue weighted by Gasteiger charge is -2.43. The first-order valence-corrected chi connectivity index (χ1v) is 9.66. The Morgan fingerprint density at radius 2 is 1.72 bits per heavy atom. The fourth-order valence-corrected chi connectivity index (χ4v) is 4.43. The Morgan fingerprint density at radius 1 is 1.00 bits per heavy atom. The van der Waals surface area contributed by atoms with Crippen molar-refractivity contribution < 1.29 is 13.9 Å². The van der Waals surface area contributed by atoms with E-state index in [4.69, 9.17) is 0 Å². The van der Waals surface area contributed by atoms with E-state index in [0.717, 1.165) is 44.6 Å². The maximum absolute atomic E-state index is 13.4. The summed E-state index contributed by atoms with van der Waals surface area (Å²) in [5, 5.41) is 9.45. The first kappa shape index (κ1) is 18.7. The molecule has 140 valence electrons. The number of aliphatic hydroxyl groups excluding tert-OH is 1. The van der Waals surface area contributed by atoms with Crippen molar-refractivity contribution in [3.63, 3.8) is 0 Å². The summed E-state index contributed by atoms with van der Waals surface area (Å²) in [6, 6.07) is 4.08. The normalized spacial score (nSPS) is 23.9. The highest BCUT2D eigenvalue weighted by Gasteiger charge is 2.29. The SMILES string of the molecule is OCC[C@@H]1CN(Cc2cc(F)cc(F)c2)CCN1CC1CCCCC1. The lowest BCUT2D eigenvalue weighted by atomic mass is 9.88. The van der Waals surface area contributed by atoms with Crippen molar-refractivity contribution in [1.82, 2.24) is 9.80 Å². The summed E-state index contributed by atoms with van der Waals surface area (Å²) < 4.78 is 26.8. The number of hydrogen-bond donors (Lipinski definition) is 1. The van der Waals surface area contributed by atoms with E-state index in [2.05, 4.69) is 9.80 Å². The molecule has 0 radical (unpaired) electrons. The van der Waals surface area contributed by atoms with Crippen molar-refractivity contribution in [2.45, 2.75) is 51.1 Å². The van der Waals surface area contributed by atoms with Gasteiger partial charge in [0.25, 0.3) is 0 Å². The average Bonchev–Trinajstić information content (AvgIpc) is 2.57. The van der Waals surface area contributed by atoms with Gasteiger partial charge in [0.05, 0.1) is 0 Å². The van der Waals surface area contributed by atoms with Crippen LogP contribution in [-0.2, 0) is 6.54 Å². The van der Waals surface area contributed by atoms with Crippen LogP contribution in [0.15, 0.2) is 18.2 Å². The minimum atomic E-state index is -0.516. The van der Waals surface area contributed by atoms with Gasteiger partial charge in [-0.1, -0.05) is 19.3 Å². The third-order valence-corrected chi connectivity index (χ3v) is 5.70. The quantitative estimate of drug-likeness (QED) is 0.850. The van der Waals surface area contributed by atoms with Gasteiger partial charge in [0.15, 0.2) is 0 Å². The van der Waals surface area contributed by atoms with Crippen LogP contribution in [0.2, 0.25) is 0 Å². The van der Waals surface area contributed by atoms with Crippen LogP contribution in [0.5, 0.6) is 0 Å². The molecule has 1 N–H and O–H groups in total. The van der Waals surface area contributed by atoms with Crippen LogP contribution >= 0.6 is 0 Å². The predicted octanol–water partition coefficient (Wildman–Crippen LogP) is 3.41. The topological polar surface area (TPSA) is 26.7 Å². The van der Waals surface area contributed by atoms with Gasteiger partial charge in [-0.2, -0.15) is 0 Å². The molecular formula is C20H30F2N2O. The first-order valence-electron chi connectivity index (χ1n) is 9.66. The van der Waals surface area contributed by atoms with Gasteiger partial charge >= 0.3 is 0 Å².